The van der Waals surface area contributed by atoms with Gasteiger partial charge in [-0.2, -0.15) is 0 Å². The van der Waals surface area contributed by atoms with Crippen molar-refractivity contribution in [3.05, 3.63) is 48.4 Å². The second-order valence-corrected chi connectivity index (χ2v) is 5.27. The van der Waals surface area contributed by atoms with Gasteiger partial charge in [-0.15, -0.1) is 0 Å². The van der Waals surface area contributed by atoms with Crippen molar-refractivity contribution in [2.45, 2.75) is 11.4 Å². The molecule has 3 N–H and O–H groups in total. The van der Waals surface area contributed by atoms with Crippen LogP contribution in [0.5, 0.6) is 0 Å². The molecule has 2 rings (SSSR count). The van der Waals surface area contributed by atoms with Gasteiger partial charge in [-0.05, 0) is 24.3 Å². The number of sulfonamides is 1. The molecule has 2 aromatic rings. The summed E-state index contributed by atoms with van der Waals surface area (Å²) in [5, 5.41) is 0. The summed E-state index contributed by atoms with van der Waals surface area (Å²) in [6.45, 7) is 0.109. The van der Waals surface area contributed by atoms with Crippen molar-refractivity contribution in [2.75, 3.05) is 5.73 Å². The number of nitrogens with one attached hydrogen (secondary N) is 1. The van der Waals surface area contributed by atoms with E-state index in [0.29, 0.717) is 5.69 Å². The van der Waals surface area contributed by atoms with Crippen LogP contribution in [-0.2, 0) is 16.6 Å². The summed E-state index contributed by atoms with van der Waals surface area (Å²) in [5.74, 6) is -0.0222. The SMILES string of the molecule is Nc1ncccc1S(=O)(=O)NCc1ccccn1. The first-order valence-electron chi connectivity index (χ1n) is 5.19. The number of hydrogen-bond acceptors (Lipinski definition) is 5. The highest BCUT2D eigenvalue weighted by Gasteiger charge is 2.17. The third kappa shape index (κ3) is 2.82. The standard InChI is InChI=1S/C11H12N4O2S/c12-11-10(5-3-7-14-11)18(16,17)15-8-9-4-1-2-6-13-9/h1-7,15H,8H2,(H2,12,14). The first-order chi connectivity index (χ1) is 8.59. The smallest absolute Gasteiger partial charge is 0.244 e. The van der Waals surface area contributed by atoms with Gasteiger partial charge in [0.05, 0.1) is 12.2 Å². The van der Waals surface area contributed by atoms with E-state index >= 15 is 0 Å². The van der Waals surface area contributed by atoms with Gasteiger partial charge in [0.1, 0.15) is 10.7 Å². The molecular formula is C11H12N4O2S. The lowest BCUT2D eigenvalue weighted by atomic mass is 10.4. The molecule has 0 saturated carbocycles. The van der Waals surface area contributed by atoms with Crippen molar-refractivity contribution < 1.29 is 8.42 Å². The Morgan fingerprint density at radius 3 is 2.56 bits per heavy atom. The maximum Gasteiger partial charge on any atom is 0.244 e. The predicted octanol–water partition coefficient (Wildman–Crippen LogP) is 0.537. The zero-order valence-electron chi connectivity index (χ0n) is 9.45. The molecule has 0 radical (unpaired) electrons. The van der Waals surface area contributed by atoms with Gasteiger partial charge in [0.15, 0.2) is 0 Å². The molecule has 0 fully saturated rings. The number of nitrogens with two attached hydrogens (primary N) is 1. The third-order valence-electron chi connectivity index (χ3n) is 2.26. The highest BCUT2D eigenvalue weighted by atomic mass is 32.2. The molecule has 0 unspecified atom stereocenters. The lowest BCUT2D eigenvalue weighted by molar-refractivity contribution is 0.580. The number of hydrogen-bond donors (Lipinski definition) is 2. The molecule has 18 heavy (non-hydrogen) atoms. The first-order valence-corrected chi connectivity index (χ1v) is 6.68. The Balaban J connectivity index is 2.16. The molecule has 6 nitrogen and oxygen atoms in total. The fraction of sp³-hybridized carbons (Fsp3) is 0.0909. The Labute approximate surface area is 105 Å². The van der Waals surface area contributed by atoms with Crippen LogP contribution in [0.25, 0.3) is 0 Å². The minimum atomic E-state index is -3.67. The summed E-state index contributed by atoms with van der Waals surface area (Å²) in [5.41, 5.74) is 6.16. The molecular weight excluding hydrogens is 252 g/mol. The minimum absolute atomic E-state index is 0.0222. The molecule has 0 aromatic carbocycles. The molecule has 0 aliphatic heterocycles. The van der Waals surface area contributed by atoms with Crippen LogP contribution < -0.4 is 10.5 Å². The lowest BCUT2D eigenvalue weighted by Crippen LogP contribution is -2.24. The van der Waals surface area contributed by atoms with E-state index in [4.69, 9.17) is 5.73 Å². The van der Waals surface area contributed by atoms with Crippen LogP contribution in [0, 0.1) is 0 Å². The fourth-order valence-electron chi connectivity index (χ4n) is 1.38. The summed E-state index contributed by atoms with van der Waals surface area (Å²) < 4.78 is 26.4. The quantitative estimate of drug-likeness (QED) is 0.839. The highest BCUT2D eigenvalue weighted by molar-refractivity contribution is 7.89. The molecule has 0 aliphatic carbocycles. The molecule has 0 aliphatic rings. The van der Waals surface area contributed by atoms with Crippen molar-refractivity contribution in [1.29, 1.82) is 0 Å². The van der Waals surface area contributed by atoms with E-state index in [1.54, 1.807) is 24.4 Å². The molecule has 94 valence electrons. The topological polar surface area (TPSA) is 98.0 Å². The van der Waals surface area contributed by atoms with Crippen LogP contribution in [0.1, 0.15) is 5.69 Å². The van der Waals surface area contributed by atoms with Gasteiger partial charge in [0.25, 0.3) is 0 Å². The molecule has 2 aromatic heterocycles. The Hall–Kier alpha value is -1.99. The van der Waals surface area contributed by atoms with Gasteiger partial charge < -0.3 is 5.73 Å². The van der Waals surface area contributed by atoms with Gasteiger partial charge in [-0.3, -0.25) is 4.98 Å². The average Bonchev–Trinajstić information content (AvgIpc) is 2.38. The normalized spacial score (nSPS) is 11.3. The average molecular weight is 264 g/mol. The summed E-state index contributed by atoms with van der Waals surface area (Å²) in [4.78, 5) is 7.74. The summed E-state index contributed by atoms with van der Waals surface area (Å²) >= 11 is 0. The van der Waals surface area contributed by atoms with Crippen LogP contribution >= 0.6 is 0 Å². The molecule has 0 saturated heterocycles. The van der Waals surface area contributed by atoms with Crippen molar-refractivity contribution >= 4 is 15.8 Å². The van der Waals surface area contributed by atoms with Crippen LogP contribution in [0.3, 0.4) is 0 Å². The van der Waals surface area contributed by atoms with Gasteiger partial charge in [0, 0.05) is 12.4 Å². The van der Waals surface area contributed by atoms with E-state index < -0.39 is 10.0 Å². The van der Waals surface area contributed by atoms with E-state index in [1.807, 2.05) is 0 Å². The van der Waals surface area contributed by atoms with E-state index in [0.717, 1.165) is 0 Å². The van der Waals surface area contributed by atoms with Crippen LogP contribution in [0.4, 0.5) is 5.82 Å². The van der Waals surface area contributed by atoms with Crippen LogP contribution in [0.15, 0.2) is 47.6 Å². The largest absolute Gasteiger partial charge is 0.383 e. The zero-order chi connectivity index (χ0) is 13.0. The van der Waals surface area contributed by atoms with Gasteiger partial charge >= 0.3 is 0 Å². The number of aromatic nitrogens is 2. The highest BCUT2D eigenvalue weighted by Crippen LogP contribution is 2.14. The lowest BCUT2D eigenvalue weighted by Gasteiger charge is -2.07. The van der Waals surface area contributed by atoms with Crippen molar-refractivity contribution in [3.8, 4) is 0 Å². The number of pyridine rings is 2. The van der Waals surface area contributed by atoms with Gasteiger partial charge in [-0.1, -0.05) is 6.07 Å². The Kier molecular flexibility index (Phi) is 3.54. The number of nitrogens with zero attached hydrogens (tertiary/aromatic N) is 2. The maximum atomic E-state index is 12.0. The van der Waals surface area contributed by atoms with Gasteiger partial charge in [-0.25, -0.2) is 18.1 Å². The summed E-state index contributed by atoms with van der Waals surface area (Å²) in [6.07, 6.45) is 3.04. The zero-order valence-corrected chi connectivity index (χ0v) is 10.3. The van der Waals surface area contributed by atoms with E-state index in [9.17, 15) is 8.42 Å². The number of rotatable bonds is 4. The van der Waals surface area contributed by atoms with Crippen molar-refractivity contribution in [1.82, 2.24) is 14.7 Å². The van der Waals surface area contributed by atoms with E-state index in [-0.39, 0.29) is 17.3 Å². The van der Waals surface area contributed by atoms with Crippen molar-refractivity contribution in [2.24, 2.45) is 0 Å². The molecule has 0 bridgehead atoms. The number of anilines is 1. The third-order valence-corrected chi connectivity index (χ3v) is 3.71. The van der Waals surface area contributed by atoms with Gasteiger partial charge in [0.2, 0.25) is 10.0 Å². The molecule has 2 heterocycles. The predicted molar refractivity (Wildman–Crippen MR) is 66.9 cm³/mol. The van der Waals surface area contributed by atoms with Crippen molar-refractivity contribution in [3.63, 3.8) is 0 Å². The summed E-state index contributed by atoms with van der Waals surface area (Å²) in [6, 6.07) is 8.20. The van der Waals surface area contributed by atoms with E-state index in [2.05, 4.69) is 14.7 Å². The molecule has 0 spiro atoms. The first kappa shape index (κ1) is 12.5. The maximum absolute atomic E-state index is 12.0. The van der Waals surface area contributed by atoms with E-state index in [1.165, 1.54) is 18.3 Å². The Morgan fingerprint density at radius 2 is 1.89 bits per heavy atom. The molecule has 0 amide bonds. The number of nitrogen functional groups attached to an aromatic ring is 1. The van der Waals surface area contributed by atoms with Crippen LogP contribution in [0.2, 0.25) is 0 Å². The Morgan fingerprint density at radius 1 is 1.11 bits per heavy atom. The Bertz CT molecular complexity index is 629. The van der Waals surface area contributed by atoms with Crippen LogP contribution in [-0.4, -0.2) is 18.4 Å². The second-order valence-electron chi connectivity index (χ2n) is 3.53. The molecule has 0 atom stereocenters. The second kappa shape index (κ2) is 5.11. The molecule has 7 heteroatoms. The monoisotopic (exact) mass is 264 g/mol. The summed E-state index contributed by atoms with van der Waals surface area (Å²) in [7, 11) is -3.67. The fourth-order valence-corrected chi connectivity index (χ4v) is 2.46. The minimum Gasteiger partial charge on any atom is -0.383 e.